The SMILES string of the molecule is CC(C)[C@H](NC(=O)[C@H](Cc1ccc(O)cc1)NC(=O)[C@H](Cc1ccccc1)NC(=O)[C@@H](NC(=O)[C@H](Cc1ccccc1)NC(=O)[C@H](CC(=O)O)NC(=O)[C@H](CC(=O)O)NC(=O)[C@@H]1CCCN1C(=O)[C@@H](N)Cc1c[nH]cn1)C(C)C)C(=O)NCC(=O)NCC(=O)N[C@@H](Cc1ccc(O)cc1)C(=O)O. The number of phenols is 2. The van der Waals surface area contributed by atoms with E-state index in [2.05, 4.69) is 63.1 Å². The summed E-state index contributed by atoms with van der Waals surface area (Å²) >= 11 is 0. The summed E-state index contributed by atoms with van der Waals surface area (Å²) in [6.07, 6.45) is 0.277. The van der Waals surface area contributed by atoms with Gasteiger partial charge in [-0.15, -0.1) is 0 Å². The zero-order valence-electron chi connectivity index (χ0n) is 56.4. The average molecular weight is 1420 g/mol. The average Bonchev–Trinajstić information content (AvgIpc) is 1.55. The maximum atomic E-state index is 14.8. The Morgan fingerprint density at radius 1 is 0.480 bits per heavy atom. The highest BCUT2D eigenvalue weighted by molar-refractivity contribution is 6.00. The molecule has 1 aromatic heterocycles. The number of hydrogen-bond acceptors (Lipinski definition) is 18. The molecule has 1 fully saturated rings. The van der Waals surface area contributed by atoms with Crippen LogP contribution in [-0.4, -0.2) is 203 Å². The van der Waals surface area contributed by atoms with Gasteiger partial charge in [0, 0.05) is 44.8 Å². The van der Waals surface area contributed by atoms with Crippen molar-refractivity contribution in [3.05, 3.63) is 150 Å². The molecule has 6 rings (SSSR count). The third-order valence-corrected chi connectivity index (χ3v) is 16.4. The molecule has 11 amide bonds. The number of H-pyrrole nitrogens is 1. The number of aromatic hydroxyl groups is 2. The minimum atomic E-state index is -2.03. The maximum Gasteiger partial charge on any atom is 0.326 e. The number of carbonyl (C=O) groups is 14. The van der Waals surface area contributed by atoms with Gasteiger partial charge in [-0.05, 0) is 71.2 Å². The Hall–Kier alpha value is -11.8. The molecule has 10 atom stereocenters. The number of carboxylic acids is 3. The number of phenolic OH excluding ortho intramolecular Hbond substituents is 2. The Morgan fingerprint density at radius 3 is 1.34 bits per heavy atom. The standard InChI is InChI=1S/C69H86N14O19/c1-37(2)58(66(98)73-34-54(86)72-35-55(87)75-52(69(101)102)29-42-19-23-45(85)24-20-42)81-63(95)49(28-41-17-21-44(84)22-18-41)76-60(92)47(26-39-12-7-5-8-13-39)80-67(99)59(38(3)4)82-64(96)48(27-40-14-9-6-10-15-40)77-61(93)50(31-56(88)89)78-62(94)51(32-57(90)91)79-65(97)53-16-11-25-83(53)68(100)46(70)30-43-33-71-36-74-43/h5-10,12-15,17-24,33,36-38,46-53,58-59,84-85H,11,16,25-32,34-35,70H2,1-4H3,(H,71,74)(H,72,86)(H,73,98)(H,75,87)(H,76,92)(H,77,93)(H,78,94)(H,79,97)(H,80,99)(H,81,95)(H,82,96)(H,88,89)(H,90,91)(H,101,102)/t46-,47-,48-,49-,50-,51-,52-,53-,58-,59-/m0/s1. The van der Waals surface area contributed by atoms with Crippen LogP contribution in [0, 0.1) is 11.8 Å². The van der Waals surface area contributed by atoms with Gasteiger partial charge >= 0.3 is 17.9 Å². The number of aromatic amines is 1. The van der Waals surface area contributed by atoms with E-state index in [1.807, 2.05) is 0 Å². The summed E-state index contributed by atoms with van der Waals surface area (Å²) in [7, 11) is 0. The van der Waals surface area contributed by atoms with Crippen LogP contribution >= 0.6 is 0 Å². The predicted octanol–water partition coefficient (Wildman–Crippen LogP) is -1.89. The number of likely N-dealkylation sites (tertiary alicyclic amines) is 1. The molecule has 1 aliphatic rings. The molecule has 1 aliphatic heterocycles. The van der Waals surface area contributed by atoms with Gasteiger partial charge in [0.15, 0.2) is 0 Å². The molecule has 0 unspecified atom stereocenters. The second kappa shape index (κ2) is 38.6. The van der Waals surface area contributed by atoms with Gasteiger partial charge in [-0.3, -0.25) is 62.3 Å². The number of aromatic nitrogens is 2. The van der Waals surface area contributed by atoms with Crippen LogP contribution in [0.15, 0.2) is 122 Å². The van der Waals surface area contributed by atoms with E-state index < -0.39 is 181 Å². The smallest absolute Gasteiger partial charge is 0.326 e. The minimum Gasteiger partial charge on any atom is -0.508 e. The molecule has 33 nitrogen and oxygen atoms in total. The molecule has 4 aromatic carbocycles. The van der Waals surface area contributed by atoms with Crippen LogP contribution in [0.3, 0.4) is 0 Å². The summed E-state index contributed by atoms with van der Waals surface area (Å²) < 4.78 is 0. The summed E-state index contributed by atoms with van der Waals surface area (Å²) in [5, 5.41) is 73.8. The number of hydrogen-bond donors (Lipinski definition) is 17. The quantitative estimate of drug-likeness (QED) is 0.0205. The molecule has 0 bridgehead atoms. The number of carboxylic acid groups (broad SMARTS) is 3. The van der Waals surface area contributed by atoms with Gasteiger partial charge in [0.25, 0.3) is 0 Å². The number of carbonyl (C=O) groups excluding carboxylic acids is 11. The molecule has 5 aromatic rings. The van der Waals surface area contributed by atoms with Crippen molar-refractivity contribution in [3.8, 4) is 11.5 Å². The number of nitrogens with one attached hydrogen (secondary N) is 11. The summed E-state index contributed by atoms with van der Waals surface area (Å²) in [4.78, 5) is 198. The van der Waals surface area contributed by atoms with E-state index >= 15 is 0 Å². The molecular formula is C69H86N14O19. The fourth-order valence-corrected chi connectivity index (χ4v) is 11.0. The van der Waals surface area contributed by atoms with Gasteiger partial charge in [-0.2, -0.15) is 0 Å². The van der Waals surface area contributed by atoms with Gasteiger partial charge < -0.3 is 94.3 Å². The normalized spacial score (nSPS) is 15.2. The molecule has 33 heteroatoms. The van der Waals surface area contributed by atoms with Crippen LogP contribution in [0.4, 0.5) is 0 Å². The van der Waals surface area contributed by atoms with Gasteiger partial charge in [0.05, 0.1) is 44.0 Å². The molecule has 0 aliphatic carbocycles. The van der Waals surface area contributed by atoms with Crippen molar-refractivity contribution in [1.82, 2.24) is 68.0 Å². The Labute approximate surface area is 585 Å². The van der Waals surface area contributed by atoms with E-state index in [-0.39, 0.29) is 56.6 Å². The first-order valence-corrected chi connectivity index (χ1v) is 32.7. The molecule has 0 spiro atoms. The maximum absolute atomic E-state index is 14.8. The summed E-state index contributed by atoms with van der Waals surface area (Å²) in [5.41, 5.74) is 8.51. The zero-order valence-corrected chi connectivity index (χ0v) is 56.4. The van der Waals surface area contributed by atoms with Crippen LogP contribution in [0.2, 0.25) is 0 Å². The second-order valence-electron chi connectivity index (χ2n) is 25.1. The lowest BCUT2D eigenvalue weighted by Gasteiger charge is -2.29. The van der Waals surface area contributed by atoms with Gasteiger partial charge in [0.2, 0.25) is 65.0 Å². The van der Waals surface area contributed by atoms with E-state index in [1.54, 1.807) is 88.4 Å². The highest BCUT2D eigenvalue weighted by atomic mass is 16.4. The largest absolute Gasteiger partial charge is 0.508 e. The van der Waals surface area contributed by atoms with Crippen LogP contribution in [0.5, 0.6) is 11.5 Å². The molecule has 1 saturated heterocycles. The Bertz CT molecular complexity index is 3750. The number of imidazole rings is 1. The number of nitrogens with zero attached hydrogens (tertiary/aromatic N) is 2. The molecule has 102 heavy (non-hydrogen) atoms. The van der Waals surface area contributed by atoms with Crippen molar-refractivity contribution in [3.63, 3.8) is 0 Å². The minimum absolute atomic E-state index is 0.0182. The van der Waals surface area contributed by atoms with E-state index in [4.69, 9.17) is 5.73 Å². The van der Waals surface area contributed by atoms with Crippen LogP contribution < -0.4 is 58.9 Å². The first-order chi connectivity index (χ1) is 48.4. The summed E-state index contributed by atoms with van der Waals surface area (Å²) in [6.45, 7) is 4.98. The Balaban J connectivity index is 1.17. The molecule has 18 N–H and O–H groups in total. The van der Waals surface area contributed by atoms with E-state index in [0.29, 0.717) is 34.4 Å². The van der Waals surface area contributed by atoms with Crippen LogP contribution in [-0.2, 0) is 99.2 Å². The molecule has 546 valence electrons. The summed E-state index contributed by atoms with van der Waals surface area (Å²) in [6, 6.07) is 12.4. The molecule has 0 radical (unpaired) electrons. The highest BCUT2D eigenvalue weighted by Gasteiger charge is 2.41. The summed E-state index contributed by atoms with van der Waals surface area (Å²) in [5.74, 6) is -16.8. The van der Waals surface area contributed by atoms with Crippen molar-refractivity contribution in [1.29, 1.82) is 0 Å². The monoisotopic (exact) mass is 1410 g/mol. The first kappa shape index (κ1) is 79.2. The molecule has 2 heterocycles. The predicted molar refractivity (Wildman–Crippen MR) is 362 cm³/mol. The van der Waals surface area contributed by atoms with Crippen LogP contribution in [0.1, 0.15) is 81.3 Å². The topological polar surface area (TPSA) is 518 Å². The first-order valence-electron chi connectivity index (χ1n) is 32.7. The fraction of sp³-hybridized carbons (Fsp3) is 0.406. The number of amides is 11. The highest BCUT2D eigenvalue weighted by Crippen LogP contribution is 2.21. The van der Waals surface area contributed by atoms with Crippen molar-refractivity contribution in [2.75, 3.05) is 19.6 Å². The number of rotatable bonds is 38. The van der Waals surface area contributed by atoms with Crippen molar-refractivity contribution < 1.29 is 92.7 Å². The molecule has 0 saturated carbocycles. The van der Waals surface area contributed by atoms with E-state index in [1.165, 1.54) is 66.0 Å². The van der Waals surface area contributed by atoms with Gasteiger partial charge in [0.1, 0.15) is 65.9 Å². The lowest BCUT2D eigenvalue weighted by molar-refractivity contribution is -0.144. The van der Waals surface area contributed by atoms with Gasteiger partial charge in [-0.25, -0.2) is 9.78 Å². The van der Waals surface area contributed by atoms with E-state index in [0.717, 1.165) is 0 Å². The van der Waals surface area contributed by atoms with Crippen LogP contribution in [0.25, 0.3) is 0 Å². The lowest BCUT2D eigenvalue weighted by Crippen LogP contribution is -2.62. The third kappa shape index (κ3) is 25.2. The van der Waals surface area contributed by atoms with Crippen molar-refractivity contribution >= 4 is 82.9 Å². The lowest BCUT2D eigenvalue weighted by atomic mass is 9.98. The van der Waals surface area contributed by atoms with E-state index in [9.17, 15) is 92.7 Å². The second-order valence-corrected chi connectivity index (χ2v) is 25.1. The van der Waals surface area contributed by atoms with Crippen molar-refractivity contribution in [2.45, 2.75) is 146 Å². The Morgan fingerprint density at radius 2 is 0.892 bits per heavy atom. The van der Waals surface area contributed by atoms with Gasteiger partial charge in [-0.1, -0.05) is 113 Å². The zero-order chi connectivity index (χ0) is 74.7. The number of benzene rings is 4. The number of aliphatic carboxylic acids is 3. The number of nitrogens with two attached hydrogens (primary N) is 1. The van der Waals surface area contributed by atoms with Crippen molar-refractivity contribution in [2.24, 2.45) is 17.6 Å². The fourth-order valence-electron chi connectivity index (χ4n) is 11.0. The third-order valence-electron chi connectivity index (χ3n) is 16.4. The molecular weight excluding hydrogens is 1330 g/mol. The Kier molecular flexibility index (Phi) is 29.9.